The molecule has 0 unspecified atom stereocenters. The third-order valence-corrected chi connectivity index (χ3v) is 7.90. The Labute approximate surface area is 243 Å². The quantitative estimate of drug-likeness (QED) is 0.211. The van der Waals surface area contributed by atoms with E-state index in [0.29, 0.717) is 17.5 Å². The Kier molecular flexibility index (Phi) is 5.79. The zero-order valence-corrected chi connectivity index (χ0v) is 22.8. The molecule has 0 saturated heterocycles. The lowest BCUT2D eigenvalue weighted by Gasteiger charge is -2.13. The average Bonchev–Trinajstić information content (AvgIpc) is 3.08. The predicted molar refractivity (Wildman–Crippen MR) is 174 cm³/mol. The fourth-order valence-electron chi connectivity index (χ4n) is 5.88. The molecule has 8 rings (SSSR count). The van der Waals surface area contributed by atoms with E-state index >= 15 is 0 Å². The normalized spacial score (nSPS) is 11.3. The zero-order chi connectivity index (χ0) is 27.9. The molecule has 0 amide bonds. The second-order valence-electron chi connectivity index (χ2n) is 10.5. The lowest BCUT2D eigenvalue weighted by atomic mass is 9.96. The first kappa shape index (κ1) is 24.2. The van der Waals surface area contributed by atoms with Gasteiger partial charge in [-0.05, 0) is 55.6 Å². The van der Waals surface area contributed by atoms with Crippen molar-refractivity contribution >= 4 is 32.3 Å². The van der Waals surface area contributed by atoms with Gasteiger partial charge < -0.3 is 0 Å². The van der Waals surface area contributed by atoms with Gasteiger partial charge in [-0.15, -0.1) is 0 Å². The molecule has 3 heteroatoms. The first-order chi connectivity index (χ1) is 20.8. The van der Waals surface area contributed by atoms with Crippen molar-refractivity contribution in [3.05, 3.63) is 152 Å². The monoisotopic (exact) mass is 535 g/mol. The van der Waals surface area contributed by atoms with E-state index in [-0.39, 0.29) is 0 Å². The second-order valence-corrected chi connectivity index (χ2v) is 10.5. The van der Waals surface area contributed by atoms with Crippen LogP contribution in [0.15, 0.2) is 152 Å². The summed E-state index contributed by atoms with van der Waals surface area (Å²) in [6.45, 7) is 0. The van der Waals surface area contributed by atoms with Crippen LogP contribution >= 0.6 is 0 Å². The van der Waals surface area contributed by atoms with E-state index in [1.807, 2.05) is 30.3 Å². The molecule has 42 heavy (non-hydrogen) atoms. The summed E-state index contributed by atoms with van der Waals surface area (Å²) >= 11 is 0. The maximum Gasteiger partial charge on any atom is 0.164 e. The zero-order valence-electron chi connectivity index (χ0n) is 22.8. The highest BCUT2D eigenvalue weighted by molar-refractivity contribution is 6.13. The Bertz CT molecular complexity index is 2250. The summed E-state index contributed by atoms with van der Waals surface area (Å²) in [5, 5.41) is 7.13. The minimum Gasteiger partial charge on any atom is -0.208 e. The highest BCUT2D eigenvalue weighted by atomic mass is 15.0. The van der Waals surface area contributed by atoms with Crippen LogP contribution in [0.4, 0.5) is 0 Å². The van der Waals surface area contributed by atoms with Gasteiger partial charge in [0, 0.05) is 16.7 Å². The van der Waals surface area contributed by atoms with Gasteiger partial charge in [0.1, 0.15) is 0 Å². The Balaban J connectivity index is 1.36. The summed E-state index contributed by atoms with van der Waals surface area (Å²) in [5.41, 5.74) is 5.22. The van der Waals surface area contributed by atoms with Crippen LogP contribution in [-0.2, 0) is 0 Å². The van der Waals surface area contributed by atoms with Crippen molar-refractivity contribution in [2.75, 3.05) is 0 Å². The fourth-order valence-corrected chi connectivity index (χ4v) is 5.88. The molecule has 0 bridgehead atoms. The maximum atomic E-state index is 5.13. The van der Waals surface area contributed by atoms with Crippen molar-refractivity contribution in [3.8, 4) is 45.3 Å². The molecular weight excluding hydrogens is 510 g/mol. The summed E-state index contributed by atoms with van der Waals surface area (Å²) < 4.78 is 0. The lowest BCUT2D eigenvalue weighted by molar-refractivity contribution is 1.08. The molecule has 0 atom stereocenters. The molecule has 196 valence electrons. The smallest absolute Gasteiger partial charge is 0.164 e. The number of hydrogen-bond donors (Lipinski definition) is 0. The molecule has 3 nitrogen and oxygen atoms in total. The molecule has 0 fully saturated rings. The van der Waals surface area contributed by atoms with Crippen LogP contribution in [-0.4, -0.2) is 15.0 Å². The SMILES string of the molecule is c1ccc(-c2nc(-c3cccc(-c4cccc5ccccc45)c3)nc(-c3cc4ccccc4c4ccccc34)n2)cc1. The van der Waals surface area contributed by atoms with Crippen molar-refractivity contribution < 1.29 is 0 Å². The van der Waals surface area contributed by atoms with E-state index in [2.05, 4.69) is 121 Å². The summed E-state index contributed by atoms with van der Waals surface area (Å²) in [5.74, 6) is 1.97. The number of rotatable bonds is 4. The van der Waals surface area contributed by atoms with E-state index < -0.39 is 0 Å². The van der Waals surface area contributed by atoms with Gasteiger partial charge in [0.25, 0.3) is 0 Å². The highest BCUT2D eigenvalue weighted by Crippen LogP contribution is 2.36. The molecule has 8 aromatic rings. The van der Waals surface area contributed by atoms with Gasteiger partial charge in [-0.3, -0.25) is 0 Å². The Morgan fingerprint density at radius 3 is 1.67 bits per heavy atom. The first-order valence-corrected chi connectivity index (χ1v) is 14.1. The molecule has 1 heterocycles. The van der Waals surface area contributed by atoms with Crippen molar-refractivity contribution in [3.63, 3.8) is 0 Å². The van der Waals surface area contributed by atoms with Gasteiger partial charge in [-0.25, -0.2) is 15.0 Å². The van der Waals surface area contributed by atoms with Crippen molar-refractivity contribution in [1.29, 1.82) is 0 Å². The second kappa shape index (κ2) is 10.1. The number of nitrogens with zero attached hydrogens (tertiary/aromatic N) is 3. The lowest BCUT2D eigenvalue weighted by Crippen LogP contribution is -2.01. The van der Waals surface area contributed by atoms with Gasteiger partial charge in [-0.2, -0.15) is 0 Å². The van der Waals surface area contributed by atoms with Crippen LogP contribution in [0.5, 0.6) is 0 Å². The van der Waals surface area contributed by atoms with Crippen LogP contribution < -0.4 is 0 Å². The molecule has 0 saturated carbocycles. The van der Waals surface area contributed by atoms with Gasteiger partial charge in [0.2, 0.25) is 0 Å². The van der Waals surface area contributed by atoms with E-state index in [1.54, 1.807) is 0 Å². The third-order valence-electron chi connectivity index (χ3n) is 7.90. The van der Waals surface area contributed by atoms with Gasteiger partial charge in [-0.1, -0.05) is 140 Å². The highest BCUT2D eigenvalue weighted by Gasteiger charge is 2.16. The molecule has 0 spiro atoms. The molecule has 1 aromatic heterocycles. The van der Waals surface area contributed by atoms with Crippen LogP contribution in [0.3, 0.4) is 0 Å². The van der Waals surface area contributed by atoms with E-state index in [0.717, 1.165) is 33.0 Å². The predicted octanol–water partition coefficient (Wildman–Crippen LogP) is 10.00. The Morgan fingerprint density at radius 1 is 0.286 bits per heavy atom. The molecule has 0 aliphatic heterocycles. The minimum atomic E-state index is 0.651. The van der Waals surface area contributed by atoms with Crippen LogP contribution in [0.1, 0.15) is 0 Å². The molecule has 0 N–H and O–H groups in total. The number of aromatic nitrogens is 3. The topological polar surface area (TPSA) is 38.7 Å². The molecule has 0 aliphatic rings. The minimum absolute atomic E-state index is 0.651. The third kappa shape index (κ3) is 4.20. The molecular formula is C39H25N3. The van der Waals surface area contributed by atoms with E-state index in [4.69, 9.17) is 15.0 Å². The van der Waals surface area contributed by atoms with E-state index in [1.165, 1.54) is 27.1 Å². The van der Waals surface area contributed by atoms with E-state index in [9.17, 15) is 0 Å². The van der Waals surface area contributed by atoms with Crippen LogP contribution in [0, 0.1) is 0 Å². The summed E-state index contributed by atoms with van der Waals surface area (Å²) in [6.07, 6.45) is 0. The van der Waals surface area contributed by atoms with Crippen molar-refractivity contribution in [2.24, 2.45) is 0 Å². The van der Waals surface area contributed by atoms with Crippen LogP contribution in [0.2, 0.25) is 0 Å². The summed E-state index contributed by atoms with van der Waals surface area (Å²) in [4.78, 5) is 15.2. The molecule has 0 radical (unpaired) electrons. The average molecular weight is 536 g/mol. The van der Waals surface area contributed by atoms with Crippen molar-refractivity contribution in [1.82, 2.24) is 15.0 Å². The van der Waals surface area contributed by atoms with Gasteiger partial charge >= 0.3 is 0 Å². The largest absolute Gasteiger partial charge is 0.208 e. The fraction of sp³-hybridized carbons (Fsp3) is 0. The molecule has 7 aromatic carbocycles. The Morgan fingerprint density at radius 2 is 0.833 bits per heavy atom. The van der Waals surface area contributed by atoms with Crippen molar-refractivity contribution in [2.45, 2.75) is 0 Å². The summed E-state index contributed by atoms with van der Waals surface area (Å²) in [7, 11) is 0. The molecule has 0 aliphatic carbocycles. The summed E-state index contributed by atoms with van der Waals surface area (Å²) in [6, 6.07) is 52.8. The number of fused-ring (bicyclic) bond motifs is 4. The number of hydrogen-bond acceptors (Lipinski definition) is 3. The van der Waals surface area contributed by atoms with Gasteiger partial charge in [0.05, 0.1) is 0 Å². The maximum absolute atomic E-state index is 5.13. The van der Waals surface area contributed by atoms with Gasteiger partial charge in [0.15, 0.2) is 17.5 Å². The number of benzene rings is 7. The van der Waals surface area contributed by atoms with Crippen LogP contribution in [0.25, 0.3) is 77.6 Å². The first-order valence-electron chi connectivity index (χ1n) is 14.1. The Hall–Kier alpha value is -5.67. The standard InChI is InChI=1S/C39H25N3/c1-2-13-27(14-3-1)37-40-38(30-18-10-17-28(24-30)32-23-11-16-26-12-4-6-19-31(26)32)42-39(41-37)36-25-29-15-5-7-20-33(29)34-21-8-9-22-35(34)36/h1-25H.